The maximum absolute atomic E-state index is 12.9. The third-order valence-electron chi connectivity index (χ3n) is 2.03. The molecule has 0 saturated carbocycles. The lowest BCUT2D eigenvalue weighted by Crippen LogP contribution is -2.32. The zero-order chi connectivity index (χ0) is 11.5. The highest BCUT2D eigenvalue weighted by molar-refractivity contribution is 6.31. The molecule has 0 heterocycles. The standard InChI is InChI=1S/C11H14ClFO2/c1-11(14,7-15-2)6-8-5-9(13)3-4-10(8)12/h3-5,14H,6-7H2,1-2H3. The Morgan fingerprint density at radius 1 is 1.53 bits per heavy atom. The molecule has 0 aliphatic heterocycles. The second-order valence-corrected chi connectivity index (χ2v) is 4.25. The van der Waals surface area contributed by atoms with Crippen LogP contribution in [-0.4, -0.2) is 24.4 Å². The molecule has 0 bridgehead atoms. The van der Waals surface area contributed by atoms with Gasteiger partial charge in [0.2, 0.25) is 0 Å². The Labute approximate surface area is 93.6 Å². The minimum Gasteiger partial charge on any atom is -0.387 e. The first-order valence-corrected chi connectivity index (χ1v) is 4.98. The Hall–Kier alpha value is -0.640. The van der Waals surface area contributed by atoms with Gasteiger partial charge in [-0.05, 0) is 30.7 Å². The van der Waals surface area contributed by atoms with E-state index in [9.17, 15) is 9.50 Å². The number of methoxy groups -OCH3 is 1. The van der Waals surface area contributed by atoms with Crippen LogP contribution in [0.4, 0.5) is 4.39 Å². The number of hydrogen-bond donors (Lipinski definition) is 1. The summed E-state index contributed by atoms with van der Waals surface area (Å²) in [4.78, 5) is 0. The Bertz CT molecular complexity index is 339. The minimum absolute atomic E-state index is 0.180. The zero-order valence-corrected chi connectivity index (χ0v) is 9.51. The van der Waals surface area contributed by atoms with Crippen molar-refractivity contribution < 1.29 is 14.2 Å². The van der Waals surface area contributed by atoms with Crippen LogP contribution >= 0.6 is 11.6 Å². The fourth-order valence-corrected chi connectivity index (χ4v) is 1.64. The largest absolute Gasteiger partial charge is 0.387 e. The van der Waals surface area contributed by atoms with E-state index in [1.165, 1.54) is 25.3 Å². The van der Waals surface area contributed by atoms with Gasteiger partial charge in [0.05, 0.1) is 12.2 Å². The number of ether oxygens (including phenoxy) is 1. The van der Waals surface area contributed by atoms with Crippen molar-refractivity contribution in [3.8, 4) is 0 Å². The normalized spacial score (nSPS) is 15.0. The SMILES string of the molecule is COCC(C)(O)Cc1cc(F)ccc1Cl. The fourth-order valence-electron chi connectivity index (χ4n) is 1.45. The highest BCUT2D eigenvalue weighted by Crippen LogP contribution is 2.22. The predicted molar refractivity (Wildman–Crippen MR) is 57.6 cm³/mol. The third-order valence-corrected chi connectivity index (χ3v) is 2.40. The van der Waals surface area contributed by atoms with Crippen LogP contribution in [0, 0.1) is 5.82 Å². The van der Waals surface area contributed by atoms with Gasteiger partial charge in [-0.15, -0.1) is 0 Å². The van der Waals surface area contributed by atoms with E-state index < -0.39 is 5.60 Å². The predicted octanol–water partition coefficient (Wildman–Crippen LogP) is 2.42. The summed E-state index contributed by atoms with van der Waals surface area (Å²) >= 11 is 5.88. The van der Waals surface area contributed by atoms with Crippen molar-refractivity contribution >= 4 is 11.6 Å². The molecule has 1 aromatic rings. The second kappa shape index (κ2) is 4.92. The lowest BCUT2D eigenvalue weighted by atomic mass is 9.97. The van der Waals surface area contributed by atoms with E-state index in [2.05, 4.69) is 0 Å². The Morgan fingerprint density at radius 3 is 2.80 bits per heavy atom. The van der Waals surface area contributed by atoms with E-state index in [0.29, 0.717) is 10.6 Å². The monoisotopic (exact) mass is 232 g/mol. The van der Waals surface area contributed by atoms with E-state index in [4.69, 9.17) is 16.3 Å². The first kappa shape index (κ1) is 12.4. The molecule has 84 valence electrons. The van der Waals surface area contributed by atoms with Gasteiger partial charge in [-0.3, -0.25) is 0 Å². The van der Waals surface area contributed by atoms with Gasteiger partial charge in [0.15, 0.2) is 0 Å². The summed E-state index contributed by atoms with van der Waals surface area (Å²) in [5, 5.41) is 10.3. The number of halogens is 2. The van der Waals surface area contributed by atoms with Crippen LogP contribution in [0.2, 0.25) is 5.02 Å². The molecule has 1 aromatic carbocycles. The molecule has 0 saturated heterocycles. The maximum Gasteiger partial charge on any atom is 0.123 e. The van der Waals surface area contributed by atoms with Crippen LogP contribution < -0.4 is 0 Å². The highest BCUT2D eigenvalue weighted by Gasteiger charge is 2.22. The summed E-state index contributed by atoms with van der Waals surface area (Å²) < 4.78 is 17.8. The smallest absolute Gasteiger partial charge is 0.123 e. The van der Waals surface area contributed by atoms with E-state index in [1.54, 1.807) is 6.92 Å². The third kappa shape index (κ3) is 3.78. The van der Waals surface area contributed by atoms with Gasteiger partial charge < -0.3 is 9.84 Å². The molecule has 4 heteroatoms. The highest BCUT2D eigenvalue weighted by atomic mass is 35.5. The zero-order valence-electron chi connectivity index (χ0n) is 8.76. The van der Waals surface area contributed by atoms with Crippen molar-refractivity contribution in [2.75, 3.05) is 13.7 Å². The van der Waals surface area contributed by atoms with Gasteiger partial charge in [0, 0.05) is 18.6 Å². The summed E-state index contributed by atoms with van der Waals surface area (Å²) in [6.07, 6.45) is 0.261. The average Bonchev–Trinajstić information content (AvgIpc) is 2.10. The number of hydrogen-bond acceptors (Lipinski definition) is 2. The van der Waals surface area contributed by atoms with Crippen LogP contribution in [-0.2, 0) is 11.2 Å². The molecule has 1 N–H and O–H groups in total. The summed E-state index contributed by atoms with van der Waals surface area (Å²) in [6.45, 7) is 1.80. The fraction of sp³-hybridized carbons (Fsp3) is 0.455. The first-order chi connectivity index (χ1) is 6.94. The van der Waals surface area contributed by atoms with Crippen molar-refractivity contribution in [1.29, 1.82) is 0 Å². The van der Waals surface area contributed by atoms with Crippen LogP contribution in [0.15, 0.2) is 18.2 Å². The molecule has 0 amide bonds. The van der Waals surface area contributed by atoms with Gasteiger partial charge in [-0.1, -0.05) is 11.6 Å². The van der Waals surface area contributed by atoms with Crippen LogP contribution in [0.3, 0.4) is 0 Å². The molecular weight excluding hydrogens is 219 g/mol. The van der Waals surface area contributed by atoms with Crippen LogP contribution in [0.25, 0.3) is 0 Å². The van der Waals surface area contributed by atoms with Crippen molar-refractivity contribution in [3.05, 3.63) is 34.6 Å². The lowest BCUT2D eigenvalue weighted by Gasteiger charge is -2.22. The van der Waals surface area contributed by atoms with Crippen LogP contribution in [0.5, 0.6) is 0 Å². The molecule has 0 spiro atoms. The van der Waals surface area contributed by atoms with Gasteiger partial charge in [0.1, 0.15) is 5.82 Å². The number of benzene rings is 1. The Morgan fingerprint density at radius 2 is 2.20 bits per heavy atom. The molecule has 1 unspecified atom stereocenters. The first-order valence-electron chi connectivity index (χ1n) is 4.60. The molecule has 2 nitrogen and oxygen atoms in total. The topological polar surface area (TPSA) is 29.5 Å². The minimum atomic E-state index is -1.04. The average molecular weight is 233 g/mol. The Kier molecular flexibility index (Phi) is 4.08. The molecule has 1 rings (SSSR count). The van der Waals surface area contributed by atoms with Crippen molar-refractivity contribution in [2.45, 2.75) is 18.9 Å². The Balaban J connectivity index is 2.83. The van der Waals surface area contributed by atoms with E-state index in [1.807, 2.05) is 0 Å². The summed E-state index contributed by atoms with van der Waals surface area (Å²) in [5.74, 6) is -0.359. The van der Waals surface area contributed by atoms with Gasteiger partial charge >= 0.3 is 0 Å². The molecule has 15 heavy (non-hydrogen) atoms. The molecule has 0 aliphatic carbocycles. The molecule has 0 aliphatic rings. The summed E-state index contributed by atoms with van der Waals surface area (Å²) in [5.41, 5.74) is -0.453. The van der Waals surface area contributed by atoms with Crippen molar-refractivity contribution in [2.24, 2.45) is 0 Å². The maximum atomic E-state index is 12.9. The van der Waals surface area contributed by atoms with Gasteiger partial charge in [0.25, 0.3) is 0 Å². The van der Waals surface area contributed by atoms with Gasteiger partial charge in [-0.2, -0.15) is 0 Å². The van der Waals surface area contributed by atoms with Crippen LogP contribution in [0.1, 0.15) is 12.5 Å². The van der Waals surface area contributed by atoms with E-state index in [0.717, 1.165) is 0 Å². The molecule has 0 radical (unpaired) electrons. The summed E-state index contributed by atoms with van der Waals surface area (Å²) in [7, 11) is 1.50. The van der Waals surface area contributed by atoms with Crippen molar-refractivity contribution in [1.82, 2.24) is 0 Å². The molecule has 1 atom stereocenters. The number of aliphatic hydroxyl groups is 1. The lowest BCUT2D eigenvalue weighted by molar-refractivity contribution is -0.0161. The summed E-state index contributed by atoms with van der Waals surface area (Å²) in [6, 6.07) is 4.10. The van der Waals surface area contributed by atoms with Gasteiger partial charge in [-0.25, -0.2) is 4.39 Å². The molecular formula is C11H14ClFO2. The van der Waals surface area contributed by atoms with Crippen molar-refractivity contribution in [3.63, 3.8) is 0 Å². The number of rotatable bonds is 4. The van der Waals surface area contributed by atoms with E-state index in [-0.39, 0.29) is 18.8 Å². The molecule has 0 fully saturated rings. The van der Waals surface area contributed by atoms with E-state index >= 15 is 0 Å². The quantitative estimate of drug-likeness (QED) is 0.864. The molecule has 0 aromatic heterocycles. The second-order valence-electron chi connectivity index (χ2n) is 3.84.